The Morgan fingerprint density at radius 2 is 2.17 bits per heavy atom. The summed E-state index contributed by atoms with van der Waals surface area (Å²) in [5.41, 5.74) is 0.194. The standard InChI is InChI=1S/C23H30N2O4/c1-5-21-9-6-11-25-12-10-22(18(21)25)16-8-7-15(28-3)13-17(16)24(2)19(22)23(27,14-21)20(26)29-4/h6-9,13,18-19,27H,5,10-12,14H2,1-4H3/p+1/t18-,19+,21-,22+,23+/m0/s1. The van der Waals surface area contributed by atoms with Crippen LogP contribution in [0.1, 0.15) is 31.7 Å². The highest BCUT2D eigenvalue weighted by atomic mass is 16.5. The van der Waals surface area contributed by atoms with Crippen LogP contribution in [-0.4, -0.2) is 63.1 Å². The van der Waals surface area contributed by atoms with E-state index in [1.807, 2.05) is 19.2 Å². The van der Waals surface area contributed by atoms with Crippen LogP contribution in [0, 0.1) is 5.41 Å². The predicted octanol–water partition coefficient (Wildman–Crippen LogP) is 0.683. The molecule has 1 saturated heterocycles. The van der Waals surface area contributed by atoms with Crippen molar-refractivity contribution in [3.63, 3.8) is 0 Å². The third kappa shape index (κ3) is 2.06. The van der Waals surface area contributed by atoms with Crippen LogP contribution >= 0.6 is 0 Å². The van der Waals surface area contributed by atoms with E-state index in [1.54, 1.807) is 12.0 Å². The van der Waals surface area contributed by atoms with Gasteiger partial charge in [-0.1, -0.05) is 19.1 Å². The molecule has 1 spiro atoms. The zero-order valence-corrected chi connectivity index (χ0v) is 17.7. The molecule has 6 heteroatoms. The number of nitrogens with zero attached hydrogens (tertiary/aromatic N) is 1. The summed E-state index contributed by atoms with van der Waals surface area (Å²) in [5.74, 6) is 0.270. The molecule has 1 aromatic rings. The number of methoxy groups -OCH3 is 2. The van der Waals surface area contributed by atoms with Crippen LogP contribution < -0.4 is 14.5 Å². The zero-order chi connectivity index (χ0) is 20.6. The Morgan fingerprint density at radius 1 is 1.38 bits per heavy atom. The van der Waals surface area contributed by atoms with Gasteiger partial charge in [-0.2, -0.15) is 0 Å². The summed E-state index contributed by atoms with van der Waals surface area (Å²) in [5, 5.41) is 12.0. The molecule has 0 aromatic heterocycles. The Kier molecular flexibility index (Phi) is 3.91. The number of aliphatic hydroxyl groups is 1. The second-order valence-electron chi connectivity index (χ2n) is 9.31. The first-order chi connectivity index (χ1) is 13.9. The number of likely N-dealkylation sites (N-methyl/N-ethyl adjacent to an activating group) is 1. The molecule has 1 aliphatic carbocycles. The van der Waals surface area contributed by atoms with Crippen molar-refractivity contribution < 1.29 is 24.3 Å². The number of anilines is 1. The SMILES string of the molecule is CC[C@]12C=CC[NH+]3CC[C@@]4(c5ccc(OC)cc5N(C)[C@H]4[C@@](O)(C(=O)OC)C1)[C@@H]32. The van der Waals surface area contributed by atoms with Gasteiger partial charge in [0, 0.05) is 37.1 Å². The van der Waals surface area contributed by atoms with E-state index in [4.69, 9.17) is 9.47 Å². The van der Waals surface area contributed by atoms with Gasteiger partial charge in [0.15, 0.2) is 5.60 Å². The maximum atomic E-state index is 13.1. The fourth-order valence-corrected chi connectivity index (χ4v) is 7.55. The van der Waals surface area contributed by atoms with Crippen molar-refractivity contribution in [1.29, 1.82) is 0 Å². The van der Waals surface area contributed by atoms with Crippen LogP contribution in [0.25, 0.3) is 0 Å². The summed E-state index contributed by atoms with van der Waals surface area (Å²) in [4.78, 5) is 16.8. The highest BCUT2D eigenvalue weighted by Gasteiger charge is 2.77. The molecule has 3 heterocycles. The normalized spacial score (nSPS) is 41.6. The number of quaternary nitrogens is 1. The maximum absolute atomic E-state index is 13.1. The molecule has 156 valence electrons. The first-order valence-corrected chi connectivity index (χ1v) is 10.6. The van der Waals surface area contributed by atoms with Gasteiger partial charge in [-0.3, -0.25) is 0 Å². The van der Waals surface area contributed by atoms with E-state index >= 15 is 0 Å². The number of nitrogens with one attached hydrogen (secondary N) is 1. The van der Waals surface area contributed by atoms with Crippen LogP contribution in [0.4, 0.5) is 5.69 Å². The third-order valence-electron chi connectivity index (χ3n) is 8.40. The maximum Gasteiger partial charge on any atom is 0.340 e. The van der Waals surface area contributed by atoms with Crippen LogP contribution in [-0.2, 0) is 14.9 Å². The average molecular weight is 400 g/mol. The molecule has 1 unspecified atom stereocenters. The molecule has 3 aliphatic heterocycles. The van der Waals surface area contributed by atoms with Crippen molar-refractivity contribution in [2.24, 2.45) is 5.41 Å². The van der Waals surface area contributed by atoms with Crippen LogP contribution in [0.3, 0.4) is 0 Å². The Labute approximate surface area is 172 Å². The molecule has 5 rings (SSSR count). The van der Waals surface area contributed by atoms with Crippen molar-refractivity contribution in [2.75, 3.05) is 39.3 Å². The van der Waals surface area contributed by atoms with Crippen LogP contribution in [0.15, 0.2) is 30.4 Å². The Hall–Kier alpha value is -2.05. The van der Waals surface area contributed by atoms with Gasteiger partial charge in [-0.15, -0.1) is 0 Å². The lowest BCUT2D eigenvalue weighted by atomic mass is 9.49. The third-order valence-corrected chi connectivity index (χ3v) is 8.40. The predicted molar refractivity (Wildman–Crippen MR) is 109 cm³/mol. The van der Waals surface area contributed by atoms with Crippen molar-refractivity contribution in [2.45, 2.75) is 49.3 Å². The summed E-state index contributed by atoms with van der Waals surface area (Å²) in [6, 6.07) is 6.20. The van der Waals surface area contributed by atoms with Gasteiger partial charge in [-0.05, 0) is 24.1 Å². The Balaban J connectivity index is 1.81. The van der Waals surface area contributed by atoms with Gasteiger partial charge < -0.3 is 24.4 Å². The van der Waals surface area contributed by atoms with E-state index < -0.39 is 11.6 Å². The number of hydrogen-bond donors (Lipinski definition) is 2. The lowest BCUT2D eigenvalue weighted by Crippen LogP contribution is -3.17. The van der Waals surface area contributed by atoms with Gasteiger partial charge in [0.25, 0.3) is 0 Å². The summed E-state index contributed by atoms with van der Waals surface area (Å²) in [6.07, 6.45) is 6.78. The fourth-order valence-electron chi connectivity index (χ4n) is 7.55. The van der Waals surface area contributed by atoms with Crippen LogP contribution in [0.5, 0.6) is 5.75 Å². The van der Waals surface area contributed by atoms with Crippen molar-refractivity contribution in [3.05, 3.63) is 35.9 Å². The summed E-state index contributed by atoms with van der Waals surface area (Å²) in [6.45, 7) is 4.24. The molecular formula is C23H31N2O4+. The monoisotopic (exact) mass is 399 g/mol. The quantitative estimate of drug-likeness (QED) is 0.578. The molecule has 4 aliphatic rings. The molecule has 2 N–H and O–H groups in total. The molecule has 29 heavy (non-hydrogen) atoms. The van der Waals surface area contributed by atoms with Gasteiger partial charge in [0.1, 0.15) is 11.8 Å². The summed E-state index contributed by atoms with van der Waals surface area (Å²) in [7, 11) is 5.05. The second-order valence-corrected chi connectivity index (χ2v) is 9.31. The van der Waals surface area contributed by atoms with Crippen molar-refractivity contribution in [1.82, 2.24) is 0 Å². The molecule has 2 fully saturated rings. The molecule has 0 radical (unpaired) electrons. The van der Waals surface area contributed by atoms with Gasteiger partial charge in [-0.25, -0.2) is 4.79 Å². The van der Waals surface area contributed by atoms with E-state index in [0.29, 0.717) is 12.5 Å². The summed E-state index contributed by atoms with van der Waals surface area (Å²) >= 11 is 0. The molecular weight excluding hydrogens is 368 g/mol. The fraction of sp³-hybridized carbons (Fsp3) is 0.609. The highest BCUT2D eigenvalue weighted by molar-refractivity contribution is 5.85. The molecule has 6 nitrogen and oxygen atoms in total. The minimum atomic E-state index is -1.57. The Bertz CT molecular complexity index is 901. The number of fused-ring (bicyclic) bond motifs is 1. The molecule has 6 atom stereocenters. The van der Waals surface area contributed by atoms with Crippen molar-refractivity contribution in [3.8, 4) is 5.75 Å². The highest BCUT2D eigenvalue weighted by Crippen LogP contribution is 2.63. The Morgan fingerprint density at radius 3 is 2.86 bits per heavy atom. The van der Waals surface area contributed by atoms with Gasteiger partial charge >= 0.3 is 5.97 Å². The number of esters is 1. The molecule has 0 bridgehead atoms. The minimum Gasteiger partial charge on any atom is -0.497 e. The topological polar surface area (TPSA) is 63.4 Å². The second kappa shape index (κ2) is 5.99. The number of hydrogen-bond acceptors (Lipinski definition) is 5. The number of benzene rings is 1. The number of carbonyl (C=O) groups excluding carboxylic acids is 1. The zero-order valence-electron chi connectivity index (χ0n) is 17.7. The summed E-state index contributed by atoms with van der Waals surface area (Å²) < 4.78 is 10.7. The lowest BCUT2D eigenvalue weighted by Gasteiger charge is -2.58. The van der Waals surface area contributed by atoms with Gasteiger partial charge in [0.2, 0.25) is 0 Å². The molecule has 1 aromatic carbocycles. The van der Waals surface area contributed by atoms with Crippen molar-refractivity contribution >= 4 is 11.7 Å². The van der Waals surface area contributed by atoms with Crippen LogP contribution in [0.2, 0.25) is 0 Å². The first-order valence-electron chi connectivity index (χ1n) is 10.6. The number of rotatable bonds is 3. The lowest BCUT2D eigenvalue weighted by molar-refractivity contribution is -0.919. The number of carbonyl (C=O) groups is 1. The van der Waals surface area contributed by atoms with E-state index in [0.717, 1.165) is 37.4 Å². The minimum absolute atomic E-state index is 0.230. The van der Waals surface area contributed by atoms with Gasteiger partial charge in [0.05, 0.1) is 38.8 Å². The largest absolute Gasteiger partial charge is 0.497 e. The molecule has 1 saturated carbocycles. The van der Waals surface area contributed by atoms with E-state index in [-0.39, 0.29) is 16.9 Å². The van der Waals surface area contributed by atoms with E-state index in [9.17, 15) is 9.90 Å². The first kappa shape index (κ1) is 18.9. The smallest absolute Gasteiger partial charge is 0.340 e. The average Bonchev–Trinajstić information content (AvgIpc) is 3.25. The number of ether oxygens (including phenoxy) is 2. The van der Waals surface area contributed by atoms with E-state index in [1.165, 1.54) is 12.7 Å². The van der Waals surface area contributed by atoms with E-state index in [2.05, 4.69) is 30.0 Å². The molecule has 0 amide bonds.